The van der Waals surface area contributed by atoms with Crippen LogP contribution in [0.4, 0.5) is 0 Å². The van der Waals surface area contributed by atoms with E-state index < -0.39 is 12.0 Å². The monoisotopic (exact) mass is 480 g/mol. The van der Waals surface area contributed by atoms with Crippen molar-refractivity contribution >= 4 is 23.4 Å². The largest absolute Gasteiger partial charge is 0.507 e. The molecule has 0 amide bonds. The zero-order valence-electron chi connectivity index (χ0n) is 19.2. The summed E-state index contributed by atoms with van der Waals surface area (Å²) in [7, 11) is 3.06. The van der Waals surface area contributed by atoms with Crippen LogP contribution in [-0.4, -0.2) is 36.5 Å². The van der Waals surface area contributed by atoms with Gasteiger partial charge in [0.1, 0.15) is 23.3 Å². The third kappa shape index (κ3) is 4.10. The van der Waals surface area contributed by atoms with Crippen molar-refractivity contribution < 1.29 is 24.1 Å². The van der Waals surface area contributed by atoms with Crippen LogP contribution in [0.3, 0.4) is 0 Å². The maximum Gasteiger partial charge on any atom is 0.338 e. The number of ether oxygens (including phenoxy) is 3. The van der Waals surface area contributed by atoms with E-state index in [0.717, 1.165) is 0 Å². The maximum atomic E-state index is 13.7. The van der Waals surface area contributed by atoms with Gasteiger partial charge in [-0.05, 0) is 44.2 Å². The first-order valence-corrected chi connectivity index (χ1v) is 11.4. The second-order valence-corrected chi connectivity index (χ2v) is 8.48. The summed E-state index contributed by atoms with van der Waals surface area (Å²) in [5.74, 6) is 0.527. The smallest absolute Gasteiger partial charge is 0.338 e. The number of hydrogen-bond acceptors (Lipinski definition) is 8. The summed E-state index contributed by atoms with van der Waals surface area (Å²) in [6.45, 7) is 3.61. The van der Waals surface area contributed by atoms with Gasteiger partial charge >= 0.3 is 5.97 Å². The van der Waals surface area contributed by atoms with E-state index in [9.17, 15) is 14.7 Å². The van der Waals surface area contributed by atoms with Gasteiger partial charge in [-0.2, -0.15) is 0 Å². The van der Waals surface area contributed by atoms with Crippen LogP contribution in [0, 0.1) is 0 Å². The van der Waals surface area contributed by atoms with Gasteiger partial charge in [-0.1, -0.05) is 29.5 Å². The van der Waals surface area contributed by atoms with Gasteiger partial charge in [-0.15, -0.1) is 0 Å². The number of hydrogen-bond donors (Lipinski definition) is 1. The van der Waals surface area contributed by atoms with Gasteiger partial charge in [0.25, 0.3) is 5.56 Å². The highest BCUT2D eigenvalue weighted by Gasteiger charge is 2.35. The Morgan fingerprint density at radius 2 is 1.97 bits per heavy atom. The first-order chi connectivity index (χ1) is 16.4. The van der Waals surface area contributed by atoms with Crippen LogP contribution in [0.1, 0.15) is 31.0 Å². The van der Waals surface area contributed by atoms with Gasteiger partial charge in [0, 0.05) is 11.1 Å². The number of phenols is 1. The molecule has 1 aliphatic heterocycles. The molecule has 9 heteroatoms. The summed E-state index contributed by atoms with van der Waals surface area (Å²) < 4.78 is 18.1. The maximum absolute atomic E-state index is 13.7. The molecule has 4 rings (SSSR count). The molecule has 0 saturated carbocycles. The van der Waals surface area contributed by atoms with Crippen molar-refractivity contribution in [3.8, 4) is 17.2 Å². The molecule has 1 aromatic heterocycles. The number of carbonyl (C=O) groups is 1. The predicted octanol–water partition coefficient (Wildman–Crippen LogP) is 2.52. The number of benzene rings is 2. The van der Waals surface area contributed by atoms with Gasteiger partial charge in [0.05, 0.1) is 36.6 Å². The standard InChI is InChI=1S/C25H24N2O6S/c1-5-33-24(30)21-14(2)26-25-27(22(21)17-13-16(31-3)10-11-19(17)32-4)23(29)20(34-25)12-15-8-6-7-9-18(15)28/h6-13,22,28H,5H2,1-4H3/b20-12-. The van der Waals surface area contributed by atoms with Gasteiger partial charge in [-0.3, -0.25) is 9.36 Å². The lowest BCUT2D eigenvalue weighted by Crippen LogP contribution is -2.40. The molecule has 176 valence electrons. The molecule has 3 aromatic rings. The van der Waals surface area contributed by atoms with E-state index in [4.69, 9.17) is 14.2 Å². The molecule has 0 saturated heterocycles. The first-order valence-electron chi connectivity index (χ1n) is 10.6. The molecule has 1 aliphatic rings. The summed E-state index contributed by atoms with van der Waals surface area (Å²) in [5, 5.41) is 10.2. The van der Waals surface area contributed by atoms with E-state index >= 15 is 0 Å². The highest BCUT2D eigenvalue weighted by atomic mass is 32.1. The molecular weight excluding hydrogens is 456 g/mol. The van der Waals surface area contributed by atoms with Crippen molar-refractivity contribution in [2.45, 2.75) is 19.9 Å². The minimum atomic E-state index is -0.841. The lowest BCUT2D eigenvalue weighted by Gasteiger charge is -2.26. The number of phenolic OH excluding ortho intramolecular Hbond substituents is 1. The number of aromatic hydroxyl groups is 1. The topological polar surface area (TPSA) is 99.4 Å². The molecule has 1 atom stereocenters. The number of fused-ring (bicyclic) bond motifs is 1. The van der Waals surface area contributed by atoms with E-state index in [1.807, 2.05) is 0 Å². The molecule has 1 N–H and O–H groups in total. The van der Waals surface area contributed by atoms with Crippen molar-refractivity contribution in [1.82, 2.24) is 4.57 Å². The van der Waals surface area contributed by atoms with E-state index in [2.05, 4.69) is 4.99 Å². The number of nitrogens with zero attached hydrogens (tertiary/aromatic N) is 2. The Bertz CT molecular complexity index is 1470. The van der Waals surface area contributed by atoms with Crippen molar-refractivity contribution in [2.24, 2.45) is 4.99 Å². The fourth-order valence-electron chi connectivity index (χ4n) is 3.89. The molecule has 0 aliphatic carbocycles. The number of esters is 1. The molecule has 0 radical (unpaired) electrons. The van der Waals surface area contributed by atoms with Gasteiger partial charge < -0.3 is 19.3 Å². The average molecular weight is 481 g/mol. The highest BCUT2D eigenvalue weighted by Crippen LogP contribution is 2.37. The van der Waals surface area contributed by atoms with Crippen molar-refractivity contribution in [1.29, 1.82) is 0 Å². The number of thiazole rings is 1. The molecule has 8 nitrogen and oxygen atoms in total. The first kappa shape index (κ1) is 23.3. The van der Waals surface area contributed by atoms with Gasteiger partial charge in [0.15, 0.2) is 4.80 Å². The molecular formula is C25H24N2O6S. The molecule has 0 bridgehead atoms. The number of methoxy groups -OCH3 is 2. The number of rotatable bonds is 6. The van der Waals surface area contributed by atoms with Crippen LogP contribution >= 0.6 is 11.3 Å². The second kappa shape index (κ2) is 9.56. The summed E-state index contributed by atoms with van der Waals surface area (Å²) in [6.07, 6.45) is 1.61. The number of para-hydroxylation sites is 1. The quantitative estimate of drug-likeness (QED) is 0.545. The Labute approximate surface area is 199 Å². The summed E-state index contributed by atoms with van der Waals surface area (Å²) in [6, 6.07) is 11.1. The second-order valence-electron chi connectivity index (χ2n) is 7.47. The van der Waals surface area contributed by atoms with Crippen molar-refractivity contribution in [3.63, 3.8) is 0 Å². The van der Waals surface area contributed by atoms with E-state index in [1.54, 1.807) is 62.4 Å². The third-order valence-electron chi connectivity index (χ3n) is 5.47. The minimum absolute atomic E-state index is 0.0581. The van der Waals surface area contributed by atoms with Crippen LogP contribution in [0.5, 0.6) is 17.2 Å². The van der Waals surface area contributed by atoms with Crippen LogP contribution in [0.15, 0.2) is 63.5 Å². The zero-order chi connectivity index (χ0) is 24.4. The normalized spacial score (nSPS) is 15.5. The SMILES string of the molecule is CCOC(=O)C1=C(C)N=c2s/c(=C\c3ccccc3O)c(=O)n2C1c1cc(OC)ccc1OC. The molecule has 0 spiro atoms. The van der Waals surface area contributed by atoms with E-state index in [0.29, 0.717) is 37.7 Å². The Morgan fingerprint density at radius 3 is 2.65 bits per heavy atom. The van der Waals surface area contributed by atoms with Crippen LogP contribution in [0.25, 0.3) is 6.08 Å². The van der Waals surface area contributed by atoms with Crippen LogP contribution in [0.2, 0.25) is 0 Å². The predicted molar refractivity (Wildman–Crippen MR) is 128 cm³/mol. The van der Waals surface area contributed by atoms with E-state index in [-0.39, 0.29) is 23.5 Å². The van der Waals surface area contributed by atoms with Crippen LogP contribution < -0.4 is 24.4 Å². The summed E-state index contributed by atoms with van der Waals surface area (Å²) in [4.78, 5) is 31.7. The lowest BCUT2D eigenvalue weighted by atomic mass is 9.94. The Balaban J connectivity index is 2.03. The van der Waals surface area contributed by atoms with Crippen molar-refractivity contribution in [2.75, 3.05) is 20.8 Å². The van der Waals surface area contributed by atoms with E-state index in [1.165, 1.54) is 30.1 Å². The molecule has 1 unspecified atom stereocenters. The fourth-order valence-corrected chi connectivity index (χ4v) is 4.93. The van der Waals surface area contributed by atoms with Crippen molar-refractivity contribution in [3.05, 3.63) is 84.5 Å². The lowest BCUT2D eigenvalue weighted by molar-refractivity contribution is -0.139. The number of allylic oxidation sites excluding steroid dienone is 1. The molecule has 2 aromatic carbocycles. The minimum Gasteiger partial charge on any atom is -0.507 e. The summed E-state index contributed by atoms with van der Waals surface area (Å²) >= 11 is 1.18. The molecule has 34 heavy (non-hydrogen) atoms. The number of carbonyl (C=O) groups excluding carboxylic acids is 1. The highest BCUT2D eigenvalue weighted by molar-refractivity contribution is 7.07. The zero-order valence-corrected chi connectivity index (χ0v) is 20.0. The van der Waals surface area contributed by atoms with Crippen LogP contribution in [-0.2, 0) is 9.53 Å². The Hall–Kier alpha value is -3.85. The average Bonchev–Trinajstić information content (AvgIpc) is 3.13. The Kier molecular flexibility index (Phi) is 6.56. The summed E-state index contributed by atoms with van der Waals surface area (Å²) in [5.41, 5.74) is 1.41. The Morgan fingerprint density at radius 1 is 1.21 bits per heavy atom. The molecule has 2 heterocycles. The third-order valence-corrected chi connectivity index (χ3v) is 6.45. The van der Waals surface area contributed by atoms with Gasteiger partial charge in [0.2, 0.25) is 0 Å². The van der Waals surface area contributed by atoms with Gasteiger partial charge in [-0.25, -0.2) is 9.79 Å². The fraction of sp³-hybridized carbons (Fsp3) is 0.240. The number of aromatic nitrogens is 1. The molecule has 0 fully saturated rings.